The molecule has 0 bridgehead atoms. The Morgan fingerprint density at radius 3 is 2.52 bits per heavy atom. The van der Waals surface area contributed by atoms with E-state index >= 15 is 0 Å². The van der Waals surface area contributed by atoms with Crippen molar-refractivity contribution in [1.29, 1.82) is 0 Å². The van der Waals surface area contributed by atoms with Crippen molar-refractivity contribution >= 4 is 50.7 Å². The second-order valence-corrected chi connectivity index (χ2v) is 8.85. The van der Waals surface area contributed by atoms with Gasteiger partial charge < -0.3 is 14.6 Å². The van der Waals surface area contributed by atoms with Crippen molar-refractivity contribution in [3.63, 3.8) is 0 Å². The average molecular weight is 435 g/mol. The quantitative estimate of drug-likeness (QED) is 0.548. The van der Waals surface area contributed by atoms with Gasteiger partial charge in [-0.15, -0.1) is 0 Å². The van der Waals surface area contributed by atoms with Crippen LogP contribution in [0.25, 0.3) is 6.08 Å². The first-order valence-electron chi connectivity index (χ1n) is 8.95. The molecule has 1 amide bonds. The lowest BCUT2D eigenvalue weighted by Gasteiger charge is -2.35. The Hall–Kier alpha value is -2.69. The Morgan fingerprint density at radius 1 is 1.14 bits per heavy atom. The fourth-order valence-corrected chi connectivity index (χ4v) is 4.00. The van der Waals surface area contributed by atoms with Gasteiger partial charge in [-0.2, -0.15) is 4.31 Å². The first kappa shape index (κ1) is 21.0. The standard InChI is InChI=1S/C19H22N4O4S2/c1-29(25,26)23-12-10-22(11-13-23)17-7-3-2-6-16(17)20-19(28)21-18(24)9-8-15-5-4-14-27-15/h2-9,14H,10-13H2,1H3,(H2,20,21,24,28). The smallest absolute Gasteiger partial charge is 0.250 e. The molecule has 10 heteroatoms. The summed E-state index contributed by atoms with van der Waals surface area (Å²) in [4.78, 5) is 14.1. The molecular formula is C19H22N4O4S2. The van der Waals surface area contributed by atoms with Crippen LogP contribution in [0, 0.1) is 0 Å². The Morgan fingerprint density at radius 2 is 1.86 bits per heavy atom. The van der Waals surface area contributed by atoms with E-state index in [0.717, 1.165) is 11.4 Å². The van der Waals surface area contributed by atoms with Crippen molar-refractivity contribution < 1.29 is 17.6 Å². The van der Waals surface area contributed by atoms with Gasteiger partial charge in [0.25, 0.3) is 0 Å². The summed E-state index contributed by atoms with van der Waals surface area (Å²) < 4.78 is 30.0. The highest BCUT2D eigenvalue weighted by molar-refractivity contribution is 7.88. The number of rotatable bonds is 5. The van der Waals surface area contributed by atoms with E-state index in [4.69, 9.17) is 16.6 Å². The van der Waals surface area contributed by atoms with Crippen LogP contribution in [0.5, 0.6) is 0 Å². The lowest BCUT2D eigenvalue weighted by molar-refractivity contribution is -0.115. The number of thiocarbonyl (C=S) groups is 1. The first-order chi connectivity index (χ1) is 13.8. The van der Waals surface area contributed by atoms with Crippen LogP contribution in [0.1, 0.15) is 5.76 Å². The minimum Gasteiger partial charge on any atom is -0.465 e. The molecular weight excluding hydrogens is 412 g/mol. The number of benzene rings is 1. The molecule has 29 heavy (non-hydrogen) atoms. The fraction of sp³-hybridized carbons (Fsp3) is 0.263. The molecule has 0 spiro atoms. The molecule has 0 atom stereocenters. The van der Waals surface area contributed by atoms with Crippen LogP contribution in [0.3, 0.4) is 0 Å². The zero-order valence-corrected chi connectivity index (χ0v) is 17.5. The van der Waals surface area contributed by atoms with Gasteiger partial charge >= 0.3 is 0 Å². The minimum atomic E-state index is -3.19. The van der Waals surface area contributed by atoms with Crippen molar-refractivity contribution in [2.24, 2.45) is 0 Å². The van der Waals surface area contributed by atoms with E-state index in [-0.39, 0.29) is 11.0 Å². The number of anilines is 2. The van der Waals surface area contributed by atoms with Crippen LogP contribution < -0.4 is 15.5 Å². The third-order valence-electron chi connectivity index (χ3n) is 4.38. The van der Waals surface area contributed by atoms with Gasteiger partial charge in [0.05, 0.1) is 23.9 Å². The highest BCUT2D eigenvalue weighted by Crippen LogP contribution is 2.27. The van der Waals surface area contributed by atoms with Gasteiger partial charge in [0.15, 0.2) is 5.11 Å². The fourth-order valence-electron chi connectivity index (χ4n) is 2.97. The lowest BCUT2D eigenvalue weighted by atomic mass is 10.2. The molecule has 1 aromatic heterocycles. The molecule has 8 nitrogen and oxygen atoms in total. The van der Waals surface area contributed by atoms with Gasteiger partial charge in [-0.1, -0.05) is 12.1 Å². The molecule has 1 fully saturated rings. The van der Waals surface area contributed by atoms with Crippen molar-refractivity contribution in [1.82, 2.24) is 9.62 Å². The number of carbonyl (C=O) groups excluding carboxylic acids is 1. The van der Waals surface area contributed by atoms with Gasteiger partial charge in [0, 0.05) is 32.3 Å². The first-order valence-corrected chi connectivity index (χ1v) is 11.2. The molecule has 0 unspecified atom stereocenters. The lowest BCUT2D eigenvalue weighted by Crippen LogP contribution is -2.48. The van der Waals surface area contributed by atoms with Crippen LogP contribution in [-0.2, 0) is 14.8 Å². The van der Waals surface area contributed by atoms with Crippen molar-refractivity contribution in [2.75, 3.05) is 42.7 Å². The molecule has 0 saturated carbocycles. The number of nitrogens with one attached hydrogen (secondary N) is 2. The molecule has 0 aliphatic carbocycles. The molecule has 1 aliphatic heterocycles. The summed E-state index contributed by atoms with van der Waals surface area (Å²) >= 11 is 5.25. The number of carbonyl (C=O) groups is 1. The van der Waals surface area contributed by atoms with E-state index in [9.17, 15) is 13.2 Å². The van der Waals surface area contributed by atoms with Gasteiger partial charge in [-0.3, -0.25) is 10.1 Å². The summed E-state index contributed by atoms with van der Waals surface area (Å²) in [5, 5.41) is 5.80. The molecule has 0 radical (unpaired) electrons. The molecule has 1 aromatic carbocycles. The Balaban J connectivity index is 1.60. The largest absolute Gasteiger partial charge is 0.465 e. The van der Waals surface area contributed by atoms with Crippen LogP contribution in [0.4, 0.5) is 11.4 Å². The third kappa shape index (κ3) is 5.89. The summed E-state index contributed by atoms with van der Waals surface area (Å²) in [7, 11) is -3.19. The van der Waals surface area contributed by atoms with Crippen LogP contribution in [0.2, 0.25) is 0 Å². The second-order valence-electron chi connectivity index (χ2n) is 6.46. The van der Waals surface area contributed by atoms with E-state index in [0.29, 0.717) is 31.9 Å². The molecule has 3 rings (SSSR count). The Bertz CT molecular complexity index is 995. The maximum Gasteiger partial charge on any atom is 0.250 e. The number of nitrogens with zero attached hydrogens (tertiary/aromatic N) is 2. The van der Waals surface area contributed by atoms with Gasteiger partial charge in [-0.05, 0) is 42.6 Å². The molecule has 2 aromatic rings. The third-order valence-corrected chi connectivity index (χ3v) is 5.89. The van der Waals surface area contributed by atoms with Gasteiger partial charge in [0.2, 0.25) is 15.9 Å². The predicted octanol–water partition coefficient (Wildman–Crippen LogP) is 1.89. The van der Waals surface area contributed by atoms with E-state index in [1.54, 1.807) is 18.2 Å². The topological polar surface area (TPSA) is 94.9 Å². The summed E-state index contributed by atoms with van der Waals surface area (Å²) in [5.74, 6) is 0.191. The summed E-state index contributed by atoms with van der Waals surface area (Å²) in [6, 6.07) is 11.0. The number of para-hydroxylation sites is 2. The molecule has 2 N–H and O–H groups in total. The molecule has 154 valence electrons. The highest BCUT2D eigenvalue weighted by Gasteiger charge is 2.24. The number of sulfonamides is 1. The molecule has 1 aliphatic rings. The Labute approximate surface area is 175 Å². The molecule has 1 saturated heterocycles. The molecule has 2 heterocycles. The summed E-state index contributed by atoms with van der Waals surface area (Å²) in [6.07, 6.45) is 5.63. The van der Waals surface area contributed by atoms with E-state index < -0.39 is 10.0 Å². The Kier molecular flexibility index (Phi) is 6.68. The number of hydrogen-bond donors (Lipinski definition) is 2. The number of furan rings is 1. The second kappa shape index (κ2) is 9.21. The van der Waals surface area contributed by atoms with Crippen LogP contribution >= 0.6 is 12.2 Å². The van der Waals surface area contributed by atoms with Crippen LogP contribution in [-0.4, -0.2) is 56.2 Å². The normalized spacial score (nSPS) is 15.4. The average Bonchev–Trinajstić information content (AvgIpc) is 3.20. The summed E-state index contributed by atoms with van der Waals surface area (Å²) in [6.45, 7) is 1.98. The van der Waals surface area contributed by atoms with Crippen molar-refractivity contribution in [3.05, 3.63) is 54.5 Å². The van der Waals surface area contributed by atoms with Gasteiger partial charge in [-0.25, -0.2) is 8.42 Å². The van der Waals surface area contributed by atoms with E-state index in [2.05, 4.69) is 15.5 Å². The van der Waals surface area contributed by atoms with Gasteiger partial charge in [0.1, 0.15) is 5.76 Å². The zero-order chi connectivity index (χ0) is 20.9. The van der Waals surface area contributed by atoms with Crippen LogP contribution in [0.15, 0.2) is 53.2 Å². The summed E-state index contributed by atoms with van der Waals surface area (Å²) in [5.41, 5.74) is 1.63. The number of piperazine rings is 1. The van der Waals surface area contributed by atoms with Crippen molar-refractivity contribution in [3.8, 4) is 0 Å². The maximum absolute atomic E-state index is 12.0. The number of hydrogen-bond acceptors (Lipinski definition) is 6. The zero-order valence-electron chi connectivity index (χ0n) is 15.9. The van der Waals surface area contributed by atoms with Crippen molar-refractivity contribution in [2.45, 2.75) is 0 Å². The predicted molar refractivity (Wildman–Crippen MR) is 117 cm³/mol. The highest BCUT2D eigenvalue weighted by atomic mass is 32.2. The maximum atomic E-state index is 12.0. The number of amides is 1. The minimum absolute atomic E-state index is 0.168. The van der Waals surface area contributed by atoms with E-state index in [1.807, 2.05) is 24.3 Å². The monoisotopic (exact) mass is 434 g/mol. The van der Waals surface area contributed by atoms with E-state index in [1.165, 1.54) is 22.9 Å². The SMILES string of the molecule is CS(=O)(=O)N1CCN(c2ccccc2NC(=S)NC(=O)C=Cc2ccco2)CC1.